The van der Waals surface area contributed by atoms with E-state index in [-0.39, 0.29) is 11.4 Å². The lowest BCUT2D eigenvalue weighted by atomic mass is 10.1. The van der Waals surface area contributed by atoms with E-state index in [1.165, 1.54) is 18.2 Å². The van der Waals surface area contributed by atoms with Gasteiger partial charge in [0.25, 0.3) is 11.6 Å². The Hall–Kier alpha value is -3.19. The van der Waals surface area contributed by atoms with Gasteiger partial charge in [0.05, 0.1) is 4.92 Å². The maximum Gasteiger partial charge on any atom is 0.331 e. The molecule has 140 valence electrons. The second-order valence-corrected chi connectivity index (χ2v) is 6.13. The highest BCUT2D eigenvalue weighted by Crippen LogP contribution is 2.27. The molecule has 0 aromatic heterocycles. The monoisotopic (exact) mass is 388 g/mol. The van der Waals surface area contributed by atoms with Gasteiger partial charge in [-0.2, -0.15) is 0 Å². The number of rotatable bonds is 6. The first-order valence-electron chi connectivity index (χ1n) is 7.93. The zero-order valence-corrected chi connectivity index (χ0v) is 15.4. The molecule has 2 rings (SSSR count). The molecule has 0 heterocycles. The summed E-state index contributed by atoms with van der Waals surface area (Å²) in [6, 6.07) is 9.80. The van der Waals surface area contributed by atoms with Gasteiger partial charge in [0.1, 0.15) is 5.69 Å². The number of carbonyl (C=O) groups excluding carboxylic acids is 2. The minimum Gasteiger partial charge on any atom is -0.452 e. The predicted octanol–water partition coefficient (Wildman–Crippen LogP) is 4.06. The molecule has 2 aromatic carbocycles. The van der Waals surface area contributed by atoms with Crippen molar-refractivity contribution in [2.24, 2.45) is 0 Å². The number of hydrogen-bond acceptors (Lipinski definition) is 5. The second-order valence-electron chi connectivity index (χ2n) is 5.72. The standard InChI is InChI=1S/C19H17ClN2O5/c1-12-9-16(17(22(25)26)10-13(12)2)21-18(23)11-27-19(24)8-7-14-5-3-4-6-15(14)20/h3-10H,11H2,1-2H3,(H,21,23)/b8-7+. The Labute approximate surface area is 160 Å². The van der Waals surface area contributed by atoms with Crippen LogP contribution in [0.3, 0.4) is 0 Å². The zero-order valence-electron chi connectivity index (χ0n) is 14.7. The summed E-state index contributed by atoms with van der Waals surface area (Å²) in [5.41, 5.74) is 1.98. The highest BCUT2D eigenvalue weighted by Gasteiger charge is 2.18. The first kappa shape index (κ1) is 20.1. The summed E-state index contributed by atoms with van der Waals surface area (Å²) in [7, 11) is 0. The largest absolute Gasteiger partial charge is 0.452 e. The molecule has 7 nitrogen and oxygen atoms in total. The number of aryl methyl sites for hydroxylation is 2. The van der Waals surface area contributed by atoms with E-state index in [4.69, 9.17) is 16.3 Å². The van der Waals surface area contributed by atoms with Gasteiger partial charge < -0.3 is 10.1 Å². The van der Waals surface area contributed by atoms with E-state index >= 15 is 0 Å². The second kappa shape index (κ2) is 8.95. The van der Waals surface area contributed by atoms with Crippen molar-refractivity contribution >= 4 is 40.9 Å². The van der Waals surface area contributed by atoms with Crippen LogP contribution in [0.5, 0.6) is 0 Å². The number of carbonyl (C=O) groups is 2. The maximum atomic E-state index is 12.0. The molecule has 2 aromatic rings. The lowest BCUT2D eigenvalue weighted by Gasteiger charge is -2.09. The third-order valence-corrected chi connectivity index (χ3v) is 4.08. The van der Waals surface area contributed by atoms with Gasteiger partial charge in [0, 0.05) is 17.2 Å². The van der Waals surface area contributed by atoms with E-state index in [0.717, 1.165) is 17.2 Å². The normalized spacial score (nSPS) is 10.6. The summed E-state index contributed by atoms with van der Waals surface area (Å²) in [4.78, 5) is 34.2. The minimum atomic E-state index is -0.736. The van der Waals surface area contributed by atoms with Gasteiger partial charge in [0.15, 0.2) is 6.61 Å². The number of halogens is 1. The van der Waals surface area contributed by atoms with E-state index in [9.17, 15) is 19.7 Å². The average Bonchev–Trinajstić information content (AvgIpc) is 2.62. The van der Waals surface area contributed by atoms with Crippen LogP contribution in [-0.4, -0.2) is 23.4 Å². The molecule has 0 fully saturated rings. The van der Waals surface area contributed by atoms with Gasteiger partial charge in [0.2, 0.25) is 0 Å². The first-order chi connectivity index (χ1) is 12.8. The Bertz CT molecular complexity index is 924. The molecule has 0 aliphatic heterocycles. The number of nitrogens with zero attached hydrogens (tertiary/aromatic N) is 1. The fraction of sp³-hybridized carbons (Fsp3) is 0.158. The summed E-state index contributed by atoms with van der Waals surface area (Å²) >= 11 is 5.97. The molecule has 8 heteroatoms. The van der Waals surface area contributed by atoms with Crippen molar-refractivity contribution in [2.45, 2.75) is 13.8 Å². The Morgan fingerprint density at radius 3 is 2.56 bits per heavy atom. The van der Waals surface area contributed by atoms with E-state index < -0.39 is 23.4 Å². The molecule has 0 aliphatic rings. The molecular weight excluding hydrogens is 372 g/mol. The van der Waals surface area contributed by atoms with Crippen LogP contribution in [0.2, 0.25) is 5.02 Å². The van der Waals surface area contributed by atoms with Crippen LogP contribution >= 0.6 is 11.6 Å². The first-order valence-corrected chi connectivity index (χ1v) is 8.30. The summed E-state index contributed by atoms with van der Waals surface area (Å²) in [6.07, 6.45) is 2.61. The third kappa shape index (κ3) is 5.65. The van der Waals surface area contributed by atoms with Gasteiger partial charge in [-0.25, -0.2) is 4.79 Å². The van der Waals surface area contributed by atoms with Crippen LogP contribution in [-0.2, 0) is 14.3 Å². The van der Waals surface area contributed by atoms with E-state index in [1.807, 2.05) is 0 Å². The Morgan fingerprint density at radius 2 is 1.89 bits per heavy atom. The summed E-state index contributed by atoms with van der Waals surface area (Å²) in [5, 5.41) is 14.0. The number of nitrogens with one attached hydrogen (secondary N) is 1. The number of ether oxygens (including phenoxy) is 1. The number of hydrogen-bond donors (Lipinski definition) is 1. The van der Waals surface area contributed by atoms with Crippen molar-refractivity contribution in [3.63, 3.8) is 0 Å². The Balaban J connectivity index is 1.97. The molecule has 27 heavy (non-hydrogen) atoms. The molecule has 1 N–H and O–H groups in total. The van der Waals surface area contributed by atoms with Crippen molar-refractivity contribution in [1.82, 2.24) is 0 Å². The van der Waals surface area contributed by atoms with Crippen LogP contribution in [0.15, 0.2) is 42.5 Å². The molecule has 0 bridgehead atoms. The van der Waals surface area contributed by atoms with Crippen molar-refractivity contribution in [1.29, 1.82) is 0 Å². The summed E-state index contributed by atoms with van der Waals surface area (Å²) in [5.74, 6) is -1.42. The fourth-order valence-electron chi connectivity index (χ4n) is 2.19. The van der Waals surface area contributed by atoms with Crippen molar-refractivity contribution < 1.29 is 19.2 Å². The maximum absolute atomic E-state index is 12.0. The quantitative estimate of drug-likeness (QED) is 0.348. The highest BCUT2D eigenvalue weighted by atomic mass is 35.5. The molecule has 0 atom stereocenters. The van der Waals surface area contributed by atoms with Crippen LogP contribution in [0.25, 0.3) is 6.08 Å². The van der Waals surface area contributed by atoms with Gasteiger partial charge in [-0.3, -0.25) is 14.9 Å². The molecule has 0 spiro atoms. The van der Waals surface area contributed by atoms with Gasteiger partial charge in [-0.05, 0) is 48.7 Å². The number of esters is 1. The van der Waals surface area contributed by atoms with Gasteiger partial charge in [-0.1, -0.05) is 29.8 Å². The zero-order chi connectivity index (χ0) is 20.0. The van der Waals surface area contributed by atoms with Crippen LogP contribution in [0.1, 0.15) is 16.7 Å². The number of nitro benzene ring substituents is 1. The molecule has 0 aliphatic carbocycles. The Morgan fingerprint density at radius 1 is 1.22 bits per heavy atom. The molecular formula is C19H17ClN2O5. The lowest BCUT2D eigenvalue weighted by molar-refractivity contribution is -0.384. The number of amides is 1. The molecule has 0 unspecified atom stereocenters. The lowest BCUT2D eigenvalue weighted by Crippen LogP contribution is -2.20. The number of nitro groups is 1. The van der Waals surface area contributed by atoms with Crippen molar-refractivity contribution in [3.8, 4) is 0 Å². The average molecular weight is 389 g/mol. The topological polar surface area (TPSA) is 98.5 Å². The predicted molar refractivity (Wildman–Crippen MR) is 103 cm³/mol. The molecule has 0 saturated heterocycles. The molecule has 0 radical (unpaired) electrons. The van der Waals surface area contributed by atoms with E-state index in [1.54, 1.807) is 38.1 Å². The minimum absolute atomic E-state index is 0.0516. The van der Waals surface area contributed by atoms with Crippen LogP contribution in [0.4, 0.5) is 11.4 Å². The fourth-order valence-corrected chi connectivity index (χ4v) is 2.39. The van der Waals surface area contributed by atoms with Crippen LogP contribution < -0.4 is 5.32 Å². The summed E-state index contributed by atoms with van der Waals surface area (Å²) < 4.78 is 4.84. The van der Waals surface area contributed by atoms with Crippen molar-refractivity contribution in [3.05, 3.63) is 74.3 Å². The van der Waals surface area contributed by atoms with E-state index in [2.05, 4.69) is 5.32 Å². The summed E-state index contributed by atoms with van der Waals surface area (Å²) in [6.45, 7) is 2.94. The van der Waals surface area contributed by atoms with Gasteiger partial charge in [-0.15, -0.1) is 0 Å². The molecule has 0 saturated carbocycles. The van der Waals surface area contributed by atoms with Crippen molar-refractivity contribution in [2.75, 3.05) is 11.9 Å². The van der Waals surface area contributed by atoms with E-state index in [0.29, 0.717) is 10.6 Å². The number of benzene rings is 2. The molecule has 1 amide bonds. The smallest absolute Gasteiger partial charge is 0.331 e. The Kier molecular flexibility index (Phi) is 6.67. The van der Waals surface area contributed by atoms with Gasteiger partial charge >= 0.3 is 5.97 Å². The van der Waals surface area contributed by atoms with Crippen LogP contribution in [0, 0.1) is 24.0 Å². The number of anilines is 1. The third-order valence-electron chi connectivity index (χ3n) is 3.73. The SMILES string of the molecule is Cc1cc(NC(=O)COC(=O)/C=C/c2ccccc2Cl)c([N+](=O)[O-])cc1C. The highest BCUT2D eigenvalue weighted by molar-refractivity contribution is 6.32.